The van der Waals surface area contributed by atoms with Gasteiger partial charge in [-0.05, 0) is 49.7 Å². The molecule has 3 aliphatic heterocycles. The van der Waals surface area contributed by atoms with Gasteiger partial charge >= 0.3 is 0 Å². The zero-order valence-corrected chi connectivity index (χ0v) is 20.9. The molecular formula is C27H31N7S. The van der Waals surface area contributed by atoms with Gasteiger partial charge in [-0.1, -0.05) is 42.5 Å². The highest BCUT2D eigenvalue weighted by molar-refractivity contribution is 7.10. The number of aliphatic imine (C=N–C) groups is 1. The Morgan fingerprint density at radius 3 is 2.77 bits per heavy atom. The van der Waals surface area contributed by atoms with Crippen LogP contribution >= 0.6 is 11.3 Å². The number of thiophene rings is 1. The summed E-state index contributed by atoms with van der Waals surface area (Å²) in [6, 6.07) is 22.1. The van der Waals surface area contributed by atoms with E-state index in [0.717, 1.165) is 35.6 Å². The molecule has 35 heavy (non-hydrogen) atoms. The van der Waals surface area contributed by atoms with E-state index < -0.39 is 5.66 Å². The van der Waals surface area contributed by atoms with Crippen LogP contribution in [-0.2, 0) is 5.66 Å². The van der Waals surface area contributed by atoms with Gasteiger partial charge in [-0.3, -0.25) is 5.01 Å². The lowest BCUT2D eigenvalue weighted by Gasteiger charge is -2.43. The van der Waals surface area contributed by atoms with E-state index in [-0.39, 0.29) is 6.04 Å². The maximum atomic E-state index is 6.43. The summed E-state index contributed by atoms with van der Waals surface area (Å²) in [4.78, 5) is 11.1. The SMILES string of the molecule is CN(C)[C@H]1CCN(c2cccc(C3(N4N=CCC4c4ccccc4)N=C(N)Nc4ccsc43)c2)C1. The lowest BCUT2D eigenvalue weighted by molar-refractivity contribution is 0.0991. The number of nitrogens with zero attached hydrogens (tertiary/aromatic N) is 5. The summed E-state index contributed by atoms with van der Waals surface area (Å²) in [7, 11) is 4.33. The van der Waals surface area contributed by atoms with Gasteiger partial charge in [-0.25, -0.2) is 4.99 Å². The topological polar surface area (TPSA) is 72.5 Å². The molecule has 1 saturated heterocycles. The molecule has 2 unspecified atom stereocenters. The van der Waals surface area contributed by atoms with Crippen LogP contribution in [0.15, 0.2) is 76.1 Å². The van der Waals surface area contributed by atoms with E-state index in [9.17, 15) is 0 Å². The Morgan fingerprint density at radius 1 is 1.11 bits per heavy atom. The standard InChI is InChI=1S/C27H31N7S/c1-32(2)22-12-15-33(18-22)21-10-6-9-20(17-21)27(25-23(13-16-35-25)30-26(28)31-27)34-24(11-14-29-34)19-7-4-3-5-8-19/h3-10,13-14,16-17,22,24H,11-12,15,18H2,1-2H3,(H3,28,30,31)/t22-,24?,27?/m0/s1. The Morgan fingerprint density at radius 2 is 1.97 bits per heavy atom. The fourth-order valence-electron chi connectivity index (χ4n) is 5.55. The number of fused-ring (bicyclic) bond motifs is 1. The quantitative estimate of drug-likeness (QED) is 0.565. The van der Waals surface area contributed by atoms with Crippen molar-refractivity contribution in [2.45, 2.75) is 30.6 Å². The molecule has 0 amide bonds. The van der Waals surface area contributed by atoms with Crippen LogP contribution in [0.4, 0.5) is 11.4 Å². The smallest absolute Gasteiger partial charge is 0.214 e. The van der Waals surface area contributed by atoms with Crippen LogP contribution in [0.1, 0.15) is 34.9 Å². The first-order valence-corrected chi connectivity index (χ1v) is 13.0. The molecule has 0 bridgehead atoms. The highest BCUT2D eigenvalue weighted by atomic mass is 32.1. The van der Waals surface area contributed by atoms with Crippen molar-refractivity contribution in [3.63, 3.8) is 0 Å². The third-order valence-electron chi connectivity index (χ3n) is 7.38. The van der Waals surface area contributed by atoms with Crippen LogP contribution in [0.3, 0.4) is 0 Å². The second kappa shape index (κ2) is 8.70. The molecule has 7 nitrogen and oxygen atoms in total. The number of benzene rings is 2. The number of nitrogens with one attached hydrogen (secondary N) is 1. The zero-order chi connectivity index (χ0) is 24.0. The van der Waals surface area contributed by atoms with Crippen LogP contribution < -0.4 is 16.0 Å². The molecule has 1 aromatic heterocycles. The fraction of sp³-hybridized carbons (Fsp3) is 0.333. The molecule has 0 aliphatic carbocycles. The minimum Gasteiger partial charge on any atom is -0.370 e. The summed E-state index contributed by atoms with van der Waals surface area (Å²) in [5.74, 6) is 0.407. The highest BCUT2D eigenvalue weighted by Crippen LogP contribution is 2.51. The molecule has 1 fully saturated rings. The Balaban J connectivity index is 1.49. The van der Waals surface area contributed by atoms with Gasteiger partial charge in [-0.15, -0.1) is 11.3 Å². The van der Waals surface area contributed by atoms with Gasteiger partial charge in [0.1, 0.15) is 0 Å². The lowest BCUT2D eigenvalue weighted by Crippen LogP contribution is -2.47. The van der Waals surface area contributed by atoms with E-state index in [1.54, 1.807) is 11.3 Å². The first-order valence-electron chi connectivity index (χ1n) is 12.2. The molecule has 4 heterocycles. The predicted octanol–water partition coefficient (Wildman–Crippen LogP) is 4.26. The van der Waals surface area contributed by atoms with E-state index in [4.69, 9.17) is 15.8 Å². The number of anilines is 2. The summed E-state index contributed by atoms with van der Waals surface area (Å²) in [6.45, 7) is 2.07. The van der Waals surface area contributed by atoms with Crippen molar-refractivity contribution in [2.24, 2.45) is 15.8 Å². The summed E-state index contributed by atoms with van der Waals surface area (Å²) in [5, 5.41) is 12.5. The van der Waals surface area contributed by atoms with Crippen LogP contribution in [0.5, 0.6) is 0 Å². The fourth-order valence-corrected chi connectivity index (χ4v) is 6.55. The molecule has 2 aromatic carbocycles. The first-order chi connectivity index (χ1) is 17.1. The van der Waals surface area contributed by atoms with Crippen molar-refractivity contribution >= 4 is 34.9 Å². The van der Waals surface area contributed by atoms with Crippen molar-refractivity contribution in [1.29, 1.82) is 0 Å². The molecule has 8 heteroatoms. The predicted molar refractivity (Wildman–Crippen MR) is 145 cm³/mol. The largest absolute Gasteiger partial charge is 0.370 e. The van der Waals surface area contributed by atoms with Crippen molar-refractivity contribution in [1.82, 2.24) is 9.91 Å². The van der Waals surface area contributed by atoms with Gasteiger partial charge < -0.3 is 20.9 Å². The third-order valence-corrected chi connectivity index (χ3v) is 8.39. The molecular weight excluding hydrogens is 454 g/mol. The van der Waals surface area contributed by atoms with Crippen LogP contribution in [0.2, 0.25) is 0 Å². The number of likely N-dealkylation sites (N-methyl/N-ethyl adjacent to an activating group) is 1. The van der Waals surface area contributed by atoms with E-state index in [1.807, 2.05) is 6.21 Å². The maximum absolute atomic E-state index is 6.43. The minimum absolute atomic E-state index is 0.0642. The molecule has 0 saturated carbocycles. The first kappa shape index (κ1) is 22.1. The molecule has 3 aliphatic rings. The van der Waals surface area contributed by atoms with E-state index in [2.05, 4.69) is 100 Å². The second-order valence-corrected chi connectivity index (χ2v) is 10.6. The normalized spacial score (nSPS) is 25.6. The number of rotatable bonds is 5. The molecule has 6 rings (SSSR count). The highest BCUT2D eigenvalue weighted by Gasteiger charge is 2.49. The molecule has 0 spiro atoms. The summed E-state index contributed by atoms with van der Waals surface area (Å²) >= 11 is 1.69. The monoisotopic (exact) mass is 485 g/mol. The maximum Gasteiger partial charge on any atom is 0.214 e. The Hall–Kier alpha value is -3.36. The number of hydrazone groups is 1. The van der Waals surface area contributed by atoms with Crippen molar-refractivity contribution in [3.8, 4) is 0 Å². The zero-order valence-electron chi connectivity index (χ0n) is 20.1. The van der Waals surface area contributed by atoms with Gasteiger partial charge in [0.25, 0.3) is 0 Å². The van der Waals surface area contributed by atoms with Gasteiger partial charge in [0.2, 0.25) is 5.66 Å². The van der Waals surface area contributed by atoms with Crippen molar-refractivity contribution < 1.29 is 0 Å². The van der Waals surface area contributed by atoms with Gasteiger partial charge in [0, 0.05) is 43.0 Å². The number of guanidine groups is 1. The minimum atomic E-state index is -0.844. The molecule has 180 valence electrons. The Bertz CT molecular complexity index is 1270. The molecule has 3 aromatic rings. The Labute approximate surface area is 210 Å². The van der Waals surface area contributed by atoms with Crippen LogP contribution in [0.25, 0.3) is 0 Å². The van der Waals surface area contributed by atoms with E-state index in [1.165, 1.54) is 17.7 Å². The van der Waals surface area contributed by atoms with Gasteiger partial charge in [-0.2, -0.15) is 5.10 Å². The van der Waals surface area contributed by atoms with Crippen LogP contribution in [-0.4, -0.2) is 55.3 Å². The number of hydrogen-bond acceptors (Lipinski definition) is 8. The second-order valence-electron chi connectivity index (χ2n) is 9.66. The molecule has 0 radical (unpaired) electrons. The van der Waals surface area contributed by atoms with Crippen LogP contribution in [0, 0.1) is 0 Å². The Kier molecular flexibility index (Phi) is 5.50. The summed E-state index contributed by atoms with van der Waals surface area (Å²) in [5.41, 5.74) is 10.1. The molecule has 3 N–H and O–H groups in total. The number of nitrogens with two attached hydrogens (primary N) is 1. The van der Waals surface area contributed by atoms with Crippen molar-refractivity contribution in [3.05, 3.63) is 82.0 Å². The average Bonchev–Trinajstić information content (AvgIpc) is 3.65. The van der Waals surface area contributed by atoms with E-state index >= 15 is 0 Å². The summed E-state index contributed by atoms with van der Waals surface area (Å²) in [6.07, 6.45) is 4.00. The average molecular weight is 486 g/mol. The summed E-state index contributed by atoms with van der Waals surface area (Å²) < 4.78 is 0. The molecule has 3 atom stereocenters. The van der Waals surface area contributed by atoms with Crippen molar-refractivity contribution in [2.75, 3.05) is 37.4 Å². The lowest BCUT2D eigenvalue weighted by atomic mass is 9.91. The van der Waals surface area contributed by atoms with Gasteiger partial charge in [0.05, 0.1) is 16.6 Å². The number of hydrogen-bond donors (Lipinski definition) is 2. The van der Waals surface area contributed by atoms with Gasteiger partial charge in [0.15, 0.2) is 5.96 Å². The third kappa shape index (κ3) is 3.68. The van der Waals surface area contributed by atoms with E-state index in [0.29, 0.717) is 12.0 Å².